The first kappa shape index (κ1) is 12.5. The van der Waals surface area contributed by atoms with Gasteiger partial charge in [0.15, 0.2) is 0 Å². The van der Waals surface area contributed by atoms with E-state index in [-0.39, 0.29) is 11.8 Å². The van der Waals surface area contributed by atoms with Crippen LogP contribution >= 0.6 is 0 Å². The van der Waals surface area contributed by atoms with E-state index in [1.807, 2.05) is 0 Å². The second-order valence-electron chi connectivity index (χ2n) is 4.76. The van der Waals surface area contributed by atoms with E-state index < -0.39 is 0 Å². The molecule has 15 heavy (non-hydrogen) atoms. The maximum atomic E-state index is 11.3. The molecule has 0 aromatic rings. The molecule has 3 heteroatoms. The van der Waals surface area contributed by atoms with Crippen molar-refractivity contribution in [1.82, 2.24) is 5.32 Å². The number of nitrogens with one attached hydrogen (secondary N) is 1. The zero-order valence-electron chi connectivity index (χ0n) is 9.96. The van der Waals surface area contributed by atoms with Crippen molar-refractivity contribution in [2.24, 2.45) is 11.7 Å². The minimum Gasteiger partial charge on any atom is -0.369 e. The van der Waals surface area contributed by atoms with Gasteiger partial charge >= 0.3 is 0 Å². The SMILES string of the molecule is CCCC(C)NC1CCCCC1C(N)=O. The highest BCUT2D eigenvalue weighted by Gasteiger charge is 2.29. The quantitative estimate of drug-likeness (QED) is 0.730. The van der Waals surface area contributed by atoms with Crippen LogP contribution in [0.4, 0.5) is 0 Å². The Labute approximate surface area is 92.8 Å². The lowest BCUT2D eigenvalue weighted by Crippen LogP contribution is -2.47. The predicted octanol–water partition coefficient (Wildman–Crippen LogP) is 1.81. The van der Waals surface area contributed by atoms with Crippen molar-refractivity contribution >= 4 is 5.91 Å². The van der Waals surface area contributed by atoms with E-state index in [2.05, 4.69) is 19.2 Å². The van der Waals surface area contributed by atoms with Crippen molar-refractivity contribution < 1.29 is 4.79 Å². The zero-order chi connectivity index (χ0) is 11.3. The molecule has 1 aliphatic rings. The van der Waals surface area contributed by atoms with Crippen LogP contribution in [0.25, 0.3) is 0 Å². The standard InChI is InChI=1S/C12H24N2O/c1-3-6-9(2)14-11-8-5-4-7-10(11)12(13)15/h9-11,14H,3-8H2,1-2H3,(H2,13,15). The number of carbonyl (C=O) groups is 1. The molecule has 1 fully saturated rings. The molecule has 88 valence electrons. The van der Waals surface area contributed by atoms with Crippen LogP contribution in [0.3, 0.4) is 0 Å². The first-order chi connectivity index (χ1) is 7.15. The summed E-state index contributed by atoms with van der Waals surface area (Å²) in [7, 11) is 0. The van der Waals surface area contributed by atoms with E-state index >= 15 is 0 Å². The molecule has 0 saturated heterocycles. The van der Waals surface area contributed by atoms with Crippen LogP contribution in [0, 0.1) is 5.92 Å². The number of nitrogens with two attached hydrogens (primary N) is 1. The van der Waals surface area contributed by atoms with Gasteiger partial charge in [0.2, 0.25) is 5.91 Å². The summed E-state index contributed by atoms with van der Waals surface area (Å²) < 4.78 is 0. The molecule has 0 spiro atoms. The number of rotatable bonds is 5. The van der Waals surface area contributed by atoms with E-state index in [0.29, 0.717) is 12.1 Å². The van der Waals surface area contributed by atoms with Crippen LogP contribution in [-0.4, -0.2) is 18.0 Å². The summed E-state index contributed by atoms with van der Waals surface area (Å²) in [6, 6.07) is 0.817. The van der Waals surface area contributed by atoms with Gasteiger partial charge in [0, 0.05) is 12.1 Å². The lowest BCUT2D eigenvalue weighted by Gasteiger charge is -2.32. The van der Waals surface area contributed by atoms with Crippen molar-refractivity contribution in [3.63, 3.8) is 0 Å². The molecule has 3 nitrogen and oxygen atoms in total. The first-order valence-corrected chi connectivity index (χ1v) is 6.20. The summed E-state index contributed by atoms with van der Waals surface area (Å²) in [5.74, 6) is -0.0750. The van der Waals surface area contributed by atoms with Gasteiger partial charge in [-0.2, -0.15) is 0 Å². The van der Waals surface area contributed by atoms with Crippen LogP contribution in [0.2, 0.25) is 0 Å². The molecule has 1 saturated carbocycles. The molecule has 0 radical (unpaired) electrons. The van der Waals surface area contributed by atoms with Crippen LogP contribution < -0.4 is 11.1 Å². The molecular weight excluding hydrogens is 188 g/mol. The Bertz CT molecular complexity index is 206. The topological polar surface area (TPSA) is 55.1 Å². The molecule has 3 N–H and O–H groups in total. The fourth-order valence-electron chi connectivity index (χ4n) is 2.55. The third-order valence-electron chi connectivity index (χ3n) is 3.35. The summed E-state index contributed by atoms with van der Waals surface area (Å²) >= 11 is 0. The van der Waals surface area contributed by atoms with Gasteiger partial charge in [-0.1, -0.05) is 26.2 Å². The molecule has 0 bridgehead atoms. The molecule has 0 aromatic carbocycles. The van der Waals surface area contributed by atoms with Crippen molar-refractivity contribution in [1.29, 1.82) is 0 Å². The maximum absolute atomic E-state index is 11.3. The average Bonchev–Trinajstić information content (AvgIpc) is 2.18. The van der Waals surface area contributed by atoms with Gasteiger partial charge in [-0.05, 0) is 26.2 Å². The third kappa shape index (κ3) is 3.82. The van der Waals surface area contributed by atoms with Crippen molar-refractivity contribution in [2.75, 3.05) is 0 Å². The van der Waals surface area contributed by atoms with Gasteiger partial charge in [0.05, 0.1) is 5.92 Å². The van der Waals surface area contributed by atoms with Crippen LogP contribution in [0.1, 0.15) is 52.4 Å². The molecule has 0 aliphatic heterocycles. The molecular formula is C12H24N2O. The molecule has 3 unspecified atom stereocenters. The zero-order valence-corrected chi connectivity index (χ0v) is 9.96. The fourth-order valence-corrected chi connectivity index (χ4v) is 2.55. The summed E-state index contributed by atoms with van der Waals surface area (Å²) in [6.45, 7) is 4.38. The monoisotopic (exact) mass is 212 g/mol. The summed E-state index contributed by atoms with van der Waals surface area (Å²) in [6.07, 6.45) is 6.78. The Morgan fingerprint density at radius 1 is 1.47 bits per heavy atom. The van der Waals surface area contributed by atoms with Crippen molar-refractivity contribution in [3.05, 3.63) is 0 Å². The maximum Gasteiger partial charge on any atom is 0.222 e. The Morgan fingerprint density at radius 3 is 2.73 bits per heavy atom. The van der Waals surface area contributed by atoms with E-state index in [0.717, 1.165) is 19.3 Å². The largest absolute Gasteiger partial charge is 0.369 e. The summed E-state index contributed by atoms with van der Waals surface area (Å²) in [5, 5.41) is 3.55. The van der Waals surface area contributed by atoms with Crippen LogP contribution in [0.15, 0.2) is 0 Å². The lowest BCUT2D eigenvalue weighted by molar-refractivity contribution is -0.123. The second-order valence-corrected chi connectivity index (χ2v) is 4.76. The lowest BCUT2D eigenvalue weighted by atomic mass is 9.83. The minimum absolute atomic E-state index is 0.0538. The number of carbonyl (C=O) groups excluding carboxylic acids is 1. The Hall–Kier alpha value is -0.570. The van der Waals surface area contributed by atoms with Gasteiger partial charge < -0.3 is 11.1 Å². The molecule has 1 aliphatic carbocycles. The fraction of sp³-hybridized carbons (Fsp3) is 0.917. The number of amides is 1. The minimum atomic E-state index is -0.129. The highest BCUT2D eigenvalue weighted by molar-refractivity contribution is 5.77. The highest BCUT2D eigenvalue weighted by atomic mass is 16.1. The van der Waals surface area contributed by atoms with Crippen LogP contribution in [-0.2, 0) is 4.79 Å². The first-order valence-electron chi connectivity index (χ1n) is 6.20. The van der Waals surface area contributed by atoms with E-state index in [1.54, 1.807) is 0 Å². The molecule has 1 amide bonds. The van der Waals surface area contributed by atoms with Gasteiger partial charge in [-0.25, -0.2) is 0 Å². The Morgan fingerprint density at radius 2 is 2.13 bits per heavy atom. The molecule has 1 rings (SSSR count). The van der Waals surface area contributed by atoms with Crippen molar-refractivity contribution in [2.45, 2.75) is 64.5 Å². The molecule has 0 heterocycles. The predicted molar refractivity (Wildman–Crippen MR) is 62.4 cm³/mol. The normalized spacial score (nSPS) is 28.7. The smallest absolute Gasteiger partial charge is 0.222 e. The summed E-state index contributed by atoms with van der Waals surface area (Å²) in [5.41, 5.74) is 5.43. The van der Waals surface area contributed by atoms with E-state index in [9.17, 15) is 4.79 Å². The second kappa shape index (κ2) is 6.11. The third-order valence-corrected chi connectivity index (χ3v) is 3.35. The van der Waals surface area contributed by atoms with Gasteiger partial charge in [0.1, 0.15) is 0 Å². The Kier molecular flexibility index (Phi) is 5.09. The van der Waals surface area contributed by atoms with Gasteiger partial charge in [-0.15, -0.1) is 0 Å². The number of hydrogen-bond acceptors (Lipinski definition) is 2. The summed E-state index contributed by atoms with van der Waals surface area (Å²) in [4.78, 5) is 11.3. The molecule has 0 aromatic heterocycles. The van der Waals surface area contributed by atoms with Gasteiger partial charge in [-0.3, -0.25) is 4.79 Å². The number of primary amides is 1. The Balaban J connectivity index is 2.45. The highest BCUT2D eigenvalue weighted by Crippen LogP contribution is 2.24. The van der Waals surface area contributed by atoms with E-state index in [1.165, 1.54) is 19.3 Å². The van der Waals surface area contributed by atoms with E-state index in [4.69, 9.17) is 5.73 Å². The van der Waals surface area contributed by atoms with Crippen molar-refractivity contribution in [3.8, 4) is 0 Å². The van der Waals surface area contributed by atoms with Crippen LogP contribution in [0.5, 0.6) is 0 Å². The van der Waals surface area contributed by atoms with Gasteiger partial charge in [0.25, 0.3) is 0 Å². The number of hydrogen-bond donors (Lipinski definition) is 2. The average molecular weight is 212 g/mol. The molecule has 3 atom stereocenters.